The van der Waals surface area contributed by atoms with E-state index in [4.69, 9.17) is 14.7 Å². The van der Waals surface area contributed by atoms with Gasteiger partial charge in [-0.25, -0.2) is 0 Å². The molecule has 0 saturated carbocycles. The summed E-state index contributed by atoms with van der Waals surface area (Å²) in [5, 5.41) is 9.01. The minimum Gasteiger partial charge on any atom is -0.497 e. The minimum atomic E-state index is -0.0719. The van der Waals surface area contributed by atoms with Gasteiger partial charge in [-0.15, -0.1) is 11.8 Å². The molecule has 0 heterocycles. The molecule has 0 aliphatic rings. The fourth-order valence-corrected chi connectivity index (χ4v) is 2.32. The Morgan fingerprint density at radius 2 is 1.94 bits per heavy atom. The Hall–Kier alpha value is -1.34. The van der Waals surface area contributed by atoms with Crippen LogP contribution < -0.4 is 9.47 Å². The number of methoxy groups -OCH3 is 2. The molecular weight excluding hydrogens is 234 g/mol. The fourth-order valence-electron chi connectivity index (χ4n) is 1.32. The van der Waals surface area contributed by atoms with Crippen LogP contribution in [0.3, 0.4) is 0 Å². The van der Waals surface area contributed by atoms with E-state index in [1.54, 1.807) is 14.2 Å². The van der Waals surface area contributed by atoms with Gasteiger partial charge in [0.15, 0.2) is 0 Å². The number of nitrogens with zero attached hydrogens (tertiary/aromatic N) is 1. The van der Waals surface area contributed by atoms with E-state index in [0.29, 0.717) is 5.92 Å². The van der Waals surface area contributed by atoms with E-state index < -0.39 is 0 Å². The maximum atomic E-state index is 9.09. The molecule has 0 spiro atoms. The lowest BCUT2D eigenvalue weighted by molar-refractivity contribution is 0.387. The predicted molar refractivity (Wildman–Crippen MR) is 69.6 cm³/mol. The first-order valence-corrected chi connectivity index (χ1v) is 6.28. The van der Waals surface area contributed by atoms with Crippen LogP contribution in [0.2, 0.25) is 0 Å². The Morgan fingerprint density at radius 3 is 2.41 bits per heavy atom. The standard InChI is InChI=1S/C13H17NO2S/c1-9(2)13(8-14)17-12-6-5-10(15-3)7-11(12)16-4/h5-7,9,13H,1-4H3. The molecule has 0 N–H and O–H groups in total. The van der Waals surface area contributed by atoms with E-state index in [2.05, 4.69) is 6.07 Å². The van der Waals surface area contributed by atoms with Gasteiger partial charge in [0.2, 0.25) is 0 Å². The maximum absolute atomic E-state index is 9.09. The second-order valence-electron chi connectivity index (χ2n) is 3.93. The normalized spacial score (nSPS) is 12.0. The van der Waals surface area contributed by atoms with Crippen LogP contribution in [0.4, 0.5) is 0 Å². The summed E-state index contributed by atoms with van der Waals surface area (Å²) in [4.78, 5) is 0.966. The topological polar surface area (TPSA) is 42.2 Å². The van der Waals surface area contributed by atoms with Crippen molar-refractivity contribution in [3.63, 3.8) is 0 Å². The van der Waals surface area contributed by atoms with Gasteiger partial charge in [-0.3, -0.25) is 0 Å². The summed E-state index contributed by atoms with van der Waals surface area (Å²) >= 11 is 1.53. The number of ether oxygens (including phenoxy) is 2. The molecule has 0 aliphatic carbocycles. The fraction of sp³-hybridized carbons (Fsp3) is 0.462. The molecule has 0 aromatic heterocycles. The van der Waals surface area contributed by atoms with E-state index in [1.807, 2.05) is 32.0 Å². The second-order valence-corrected chi connectivity index (χ2v) is 5.11. The molecule has 1 rings (SSSR count). The quantitative estimate of drug-likeness (QED) is 0.753. The van der Waals surface area contributed by atoms with E-state index in [0.717, 1.165) is 16.4 Å². The van der Waals surface area contributed by atoms with Crippen molar-refractivity contribution >= 4 is 11.8 Å². The van der Waals surface area contributed by atoms with Crippen LogP contribution in [0.25, 0.3) is 0 Å². The molecule has 4 heteroatoms. The van der Waals surface area contributed by atoms with Crippen molar-refractivity contribution in [2.75, 3.05) is 14.2 Å². The molecule has 3 nitrogen and oxygen atoms in total. The van der Waals surface area contributed by atoms with Crippen molar-refractivity contribution in [1.29, 1.82) is 5.26 Å². The lowest BCUT2D eigenvalue weighted by Gasteiger charge is -2.15. The summed E-state index contributed by atoms with van der Waals surface area (Å²) in [5.41, 5.74) is 0. The van der Waals surface area contributed by atoms with Gasteiger partial charge in [-0.1, -0.05) is 13.8 Å². The van der Waals surface area contributed by atoms with Crippen molar-refractivity contribution < 1.29 is 9.47 Å². The second kappa shape index (κ2) is 6.41. The van der Waals surface area contributed by atoms with Gasteiger partial charge in [-0.05, 0) is 18.1 Å². The van der Waals surface area contributed by atoms with Gasteiger partial charge in [0.25, 0.3) is 0 Å². The highest BCUT2D eigenvalue weighted by Crippen LogP contribution is 2.36. The summed E-state index contributed by atoms with van der Waals surface area (Å²) in [7, 11) is 3.24. The van der Waals surface area contributed by atoms with Crippen LogP contribution in [-0.2, 0) is 0 Å². The molecule has 0 amide bonds. The molecule has 0 fully saturated rings. The third-order valence-electron chi connectivity index (χ3n) is 2.36. The van der Waals surface area contributed by atoms with Gasteiger partial charge < -0.3 is 9.47 Å². The molecule has 1 unspecified atom stereocenters. The van der Waals surface area contributed by atoms with Gasteiger partial charge >= 0.3 is 0 Å². The highest BCUT2D eigenvalue weighted by atomic mass is 32.2. The summed E-state index contributed by atoms with van der Waals surface area (Å²) in [6, 6.07) is 7.94. The number of benzene rings is 1. The molecule has 1 atom stereocenters. The molecule has 1 aromatic carbocycles. The number of nitriles is 1. The third-order valence-corrected chi connectivity index (χ3v) is 3.85. The highest BCUT2D eigenvalue weighted by molar-refractivity contribution is 8.00. The molecule has 17 heavy (non-hydrogen) atoms. The number of hydrogen-bond acceptors (Lipinski definition) is 4. The van der Waals surface area contributed by atoms with E-state index in [9.17, 15) is 0 Å². The first kappa shape index (κ1) is 13.7. The SMILES string of the molecule is COc1ccc(SC(C#N)C(C)C)c(OC)c1. The van der Waals surface area contributed by atoms with Crippen LogP contribution in [0.15, 0.2) is 23.1 Å². The van der Waals surface area contributed by atoms with Gasteiger partial charge in [-0.2, -0.15) is 5.26 Å². The van der Waals surface area contributed by atoms with Crippen molar-refractivity contribution in [2.45, 2.75) is 24.0 Å². The van der Waals surface area contributed by atoms with E-state index in [1.165, 1.54) is 11.8 Å². The third kappa shape index (κ3) is 3.57. The Morgan fingerprint density at radius 1 is 1.24 bits per heavy atom. The van der Waals surface area contributed by atoms with Crippen molar-refractivity contribution in [3.05, 3.63) is 18.2 Å². The van der Waals surface area contributed by atoms with Crippen molar-refractivity contribution in [3.8, 4) is 17.6 Å². The van der Waals surface area contributed by atoms with Crippen LogP contribution >= 0.6 is 11.8 Å². The van der Waals surface area contributed by atoms with Crippen LogP contribution in [0.5, 0.6) is 11.5 Å². The molecule has 92 valence electrons. The Balaban J connectivity index is 2.94. The smallest absolute Gasteiger partial charge is 0.136 e. The average Bonchev–Trinajstić information content (AvgIpc) is 2.35. The molecule has 0 aliphatic heterocycles. The lowest BCUT2D eigenvalue weighted by atomic mass is 10.1. The molecule has 0 bridgehead atoms. The first-order valence-electron chi connectivity index (χ1n) is 5.40. The van der Waals surface area contributed by atoms with Gasteiger partial charge in [0, 0.05) is 6.07 Å². The van der Waals surface area contributed by atoms with Gasteiger partial charge in [0.1, 0.15) is 11.5 Å². The summed E-state index contributed by atoms with van der Waals surface area (Å²) in [6.45, 7) is 4.08. The van der Waals surface area contributed by atoms with Crippen LogP contribution in [0, 0.1) is 17.2 Å². The van der Waals surface area contributed by atoms with Crippen LogP contribution in [-0.4, -0.2) is 19.5 Å². The van der Waals surface area contributed by atoms with Crippen molar-refractivity contribution in [2.24, 2.45) is 5.92 Å². The Kier molecular flexibility index (Phi) is 5.17. The summed E-state index contributed by atoms with van der Waals surface area (Å²) in [5.74, 6) is 1.80. The van der Waals surface area contributed by atoms with Crippen LogP contribution in [0.1, 0.15) is 13.8 Å². The number of hydrogen-bond donors (Lipinski definition) is 0. The minimum absolute atomic E-state index is 0.0719. The zero-order chi connectivity index (χ0) is 12.8. The zero-order valence-electron chi connectivity index (χ0n) is 10.6. The Bertz CT molecular complexity index is 412. The number of rotatable bonds is 5. The largest absolute Gasteiger partial charge is 0.497 e. The average molecular weight is 251 g/mol. The Labute approximate surface area is 107 Å². The molecule has 0 saturated heterocycles. The first-order chi connectivity index (χ1) is 8.12. The molecule has 1 aromatic rings. The monoisotopic (exact) mass is 251 g/mol. The lowest BCUT2D eigenvalue weighted by Crippen LogP contribution is -2.08. The van der Waals surface area contributed by atoms with Gasteiger partial charge in [0.05, 0.1) is 30.4 Å². The maximum Gasteiger partial charge on any atom is 0.136 e. The van der Waals surface area contributed by atoms with E-state index in [-0.39, 0.29) is 5.25 Å². The molecular formula is C13H17NO2S. The molecule has 0 radical (unpaired) electrons. The number of thioether (sulfide) groups is 1. The van der Waals surface area contributed by atoms with E-state index >= 15 is 0 Å². The summed E-state index contributed by atoms with van der Waals surface area (Å²) < 4.78 is 10.4. The highest BCUT2D eigenvalue weighted by Gasteiger charge is 2.16. The predicted octanol–water partition coefficient (Wildman–Crippen LogP) is 3.34. The summed E-state index contributed by atoms with van der Waals surface area (Å²) in [6.07, 6.45) is 0. The zero-order valence-corrected chi connectivity index (χ0v) is 11.4. The van der Waals surface area contributed by atoms with Crippen molar-refractivity contribution in [1.82, 2.24) is 0 Å².